The first kappa shape index (κ1) is 36.4. The average Bonchev–Trinajstić information content (AvgIpc) is 2.95. The third kappa shape index (κ3) is 16.2. The molecular formula is C32H59N5O2. The summed E-state index contributed by atoms with van der Waals surface area (Å²) in [5.74, 6) is 1.13. The van der Waals surface area contributed by atoms with Crippen LogP contribution in [0, 0.1) is 12.3 Å². The number of aromatic nitrogens is 1. The highest BCUT2D eigenvalue weighted by molar-refractivity contribution is 5.98. The van der Waals surface area contributed by atoms with Gasteiger partial charge in [0.05, 0.1) is 13.2 Å². The fourth-order valence-electron chi connectivity index (χ4n) is 3.82. The van der Waals surface area contributed by atoms with Crippen LogP contribution in [0.25, 0.3) is 0 Å². The summed E-state index contributed by atoms with van der Waals surface area (Å²) in [5, 5.41) is 7.58. The zero-order valence-corrected chi connectivity index (χ0v) is 26.2. The first-order valence-corrected chi connectivity index (χ1v) is 15.0. The maximum atomic E-state index is 7.58. The van der Waals surface area contributed by atoms with Gasteiger partial charge < -0.3 is 25.5 Å². The summed E-state index contributed by atoms with van der Waals surface area (Å²) in [6, 6.07) is 12.0. The lowest BCUT2D eigenvalue weighted by Crippen LogP contribution is -2.38. The number of anilines is 2. The van der Waals surface area contributed by atoms with Crippen molar-refractivity contribution in [1.82, 2.24) is 9.88 Å². The van der Waals surface area contributed by atoms with Gasteiger partial charge >= 0.3 is 0 Å². The Hall–Kier alpha value is -2.64. The minimum absolute atomic E-state index is 0. The van der Waals surface area contributed by atoms with Crippen LogP contribution in [0.15, 0.2) is 36.4 Å². The van der Waals surface area contributed by atoms with E-state index in [4.69, 9.17) is 20.6 Å². The SMILES string of the molecule is CC.CCC.CCC(=N)c1cccc(C)c1.CCCN(CCC)c1cc(N)nc(OCCN2CCOCC2)c1.[HH]. The zero-order valence-electron chi connectivity index (χ0n) is 26.2. The minimum atomic E-state index is 0. The van der Waals surface area contributed by atoms with Gasteiger partial charge in [-0.15, -0.1) is 0 Å². The van der Waals surface area contributed by atoms with Crippen molar-refractivity contribution >= 4 is 17.2 Å². The molecule has 0 spiro atoms. The summed E-state index contributed by atoms with van der Waals surface area (Å²) in [4.78, 5) is 8.99. The summed E-state index contributed by atoms with van der Waals surface area (Å²) in [6.45, 7) is 23.8. The number of nitrogens with zero attached hydrogens (tertiary/aromatic N) is 3. The van der Waals surface area contributed by atoms with Crippen LogP contribution >= 0.6 is 0 Å². The molecule has 2 aromatic rings. The Labute approximate surface area is 241 Å². The van der Waals surface area contributed by atoms with E-state index in [1.54, 1.807) is 0 Å². The van der Waals surface area contributed by atoms with E-state index in [1.807, 2.05) is 64.1 Å². The van der Waals surface area contributed by atoms with Crippen molar-refractivity contribution < 1.29 is 10.9 Å². The number of nitrogens with one attached hydrogen (secondary N) is 1. The molecular weight excluding hydrogens is 486 g/mol. The van der Waals surface area contributed by atoms with Crippen molar-refractivity contribution in [3.63, 3.8) is 0 Å². The molecule has 0 unspecified atom stereocenters. The van der Waals surface area contributed by atoms with E-state index in [9.17, 15) is 0 Å². The molecule has 3 rings (SSSR count). The Morgan fingerprint density at radius 2 is 1.67 bits per heavy atom. The molecule has 224 valence electrons. The van der Waals surface area contributed by atoms with Gasteiger partial charge in [0.1, 0.15) is 12.4 Å². The number of nitrogen functional groups attached to an aromatic ring is 1. The number of nitrogens with two attached hydrogens (primary N) is 1. The number of hydrogen-bond donors (Lipinski definition) is 2. The van der Waals surface area contributed by atoms with Gasteiger partial charge in [-0.3, -0.25) is 4.90 Å². The van der Waals surface area contributed by atoms with Crippen LogP contribution < -0.4 is 15.4 Å². The Morgan fingerprint density at radius 1 is 1.05 bits per heavy atom. The summed E-state index contributed by atoms with van der Waals surface area (Å²) < 4.78 is 11.2. The Balaban J connectivity index is 0. The van der Waals surface area contributed by atoms with Crippen LogP contribution in [-0.2, 0) is 4.74 Å². The van der Waals surface area contributed by atoms with Crippen LogP contribution in [-0.4, -0.2) is 68.1 Å². The molecule has 2 heterocycles. The van der Waals surface area contributed by atoms with Crippen molar-refractivity contribution in [2.75, 3.05) is 63.2 Å². The highest BCUT2D eigenvalue weighted by atomic mass is 16.5. The second-order valence-corrected chi connectivity index (χ2v) is 9.29. The lowest BCUT2D eigenvalue weighted by molar-refractivity contribution is 0.0320. The largest absolute Gasteiger partial charge is 0.476 e. The number of hydrogen-bond acceptors (Lipinski definition) is 7. The number of pyridine rings is 1. The topological polar surface area (TPSA) is 87.7 Å². The number of benzene rings is 1. The number of rotatable bonds is 11. The van der Waals surface area contributed by atoms with Gasteiger partial charge in [0.2, 0.25) is 5.88 Å². The van der Waals surface area contributed by atoms with Crippen LogP contribution in [0.2, 0.25) is 0 Å². The van der Waals surface area contributed by atoms with Crippen LogP contribution in [0.1, 0.15) is 86.7 Å². The first-order chi connectivity index (χ1) is 18.9. The molecule has 1 aromatic carbocycles. The third-order valence-electron chi connectivity index (χ3n) is 5.64. The summed E-state index contributed by atoms with van der Waals surface area (Å²) in [5.41, 5.74) is 10.0. The molecule has 7 heteroatoms. The predicted molar refractivity (Wildman–Crippen MR) is 172 cm³/mol. The van der Waals surface area contributed by atoms with E-state index in [0.29, 0.717) is 24.0 Å². The molecule has 1 aliphatic rings. The smallest absolute Gasteiger partial charge is 0.217 e. The average molecular weight is 546 g/mol. The van der Waals surface area contributed by atoms with Crippen LogP contribution in [0.5, 0.6) is 5.88 Å². The van der Waals surface area contributed by atoms with Gasteiger partial charge in [0, 0.05) is 57.7 Å². The molecule has 1 fully saturated rings. The molecule has 39 heavy (non-hydrogen) atoms. The lowest BCUT2D eigenvalue weighted by Gasteiger charge is -2.26. The van der Waals surface area contributed by atoms with Gasteiger partial charge in [-0.05, 0) is 31.7 Å². The molecule has 1 saturated heterocycles. The molecule has 3 N–H and O–H groups in total. The van der Waals surface area contributed by atoms with E-state index in [0.717, 1.165) is 76.5 Å². The van der Waals surface area contributed by atoms with E-state index < -0.39 is 0 Å². The lowest BCUT2D eigenvalue weighted by atomic mass is 10.1. The first-order valence-electron chi connectivity index (χ1n) is 15.0. The molecule has 7 nitrogen and oxygen atoms in total. The van der Waals surface area contributed by atoms with Crippen molar-refractivity contribution in [1.29, 1.82) is 5.41 Å². The van der Waals surface area contributed by atoms with Gasteiger partial charge in [-0.25, -0.2) is 0 Å². The van der Waals surface area contributed by atoms with E-state index in [-0.39, 0.29) is 1.43 Å². The second-order valence-electron chi connectivity index (χ2n) is 9.29. The van der Waals surface area contributed by atoms with Crippen LogP contribution in [0.3, 0.4) is 0 Å². The van der Waals surface area contributed by atoms with Crippen molar-refractivity contribution in [2.24, 2.45) is 0 Å². The fourth-order valence-corrected chi connectivity index (χ4v) is 3.82. The van der Waals surface area contributed by atoms with E-state index >= 15 is 0 Å². The van der Waals surface area contributed by atoms with Gasteiger partial charge in [0.25, 0.3) is 0 Å². The molecule has 0 saturated carbocycles. The van der Waals surface area contributed by atoms with Crippen LogP contribution in [0.4, 0.5) is 11.5 Å². The summed E-state index contributed by atoms with van der Waals surface area (Å²) in [6.07, 6.45) is 4.27. The molecule has 1 aliphatic heterocycles. The highest BCUT2D eigenvalue weighted by Crippen LogP contribution is 2.23. The number of morpholine rings is 1. The fraction of sp³-hybridized carbons (Fsp3) is 0.625. The Bertz CT molecular complexity index is 885. The quantitative estimate of drug-likeness (QED) is 0.285. The van der Waals surface area contributed by atoms with Gasteiger partial charge in [-0.1, -0.05) is 84.7 Å². The Morgan fingerprint density at radius 3 is 2.21 bits per heavy atom. The second kappa shape index (κ2) is 23.3. The predicted octanol–water partition coefficient (Wildman–Crippen LogP) is 7.46. The van der Waals surface area contributed by atoms with Crippen molar-refractivity contribution in [3.05, 3.63) is 47.5 Å². The van der Waals surface area contributed by atoms with Crippen molar-refractivity contribution in [2.45, 2.75) is 81.1 Å². The van der Waals surface area contributed by atoms with Crippen molar-refractivity contribution in [3.8, 4) is 5.88 Å². The maximum absolute atomic E-state index is 7.58. The summed E-state index contributed by atoms with van der Waals surface area (Å²) in [7, 11) is 0. The number of ether oxygens (including phenoxy) is 2. The molecule has 0 bridgehead atoms. The molecule has 0 atom stereocenters. The zero-order chi connectivity index (χ0) is 29.5. The van der Waals surface area contributed by atoms with E-state index in [2.05, 4.69) is 42.5 Å². The highest BCUT2D eigenvalue weighted by Gasteiger charge is 2.12. The van der Waals surface area contributed by atoms with Gasteiger partial charge in [0.15, 0.2) is 0 Å². The number of aryl methyl sites for hydroxylation is 1. The molecule has 0 amide bonds. The molecule has 1 aromatic heterocycles. The minimum Gasteiger partial charge on any atom is -0.476 e. The third-order valence-corrected chi connectivity index (χ3v) is 5.64. The Kier molecular flexibility index (Phi) is 21.7. The standard InChI is InChI=1S/C17H30N4O2.C10H13N.C3H8.C2H6.H2/c1-3-5-21(6-4-2)15-13-16(18)19-17(14-15)23-12-9-20-7-10-22-11-8-20;1-3-10(11)9-6-4-5-8(2)7-9;1-3-2;1-2;/h13-14H,3-12H2,1-2H3,(H2,18,19);4-7,11H,3H2,1-2H3;3H2,1-2H3;1-2H3;1H. The maximum Gasteiger partial charge on any atom is 0.217 e. The van der Waals surface area contributed by atoms with E-state index in [1.165, 1.54) is 12.0 Å². The molecule has 0 radical (unpaired) electrons. The van der Waals surface area contributed by atoms with Gasteiger partial charge in [-0.2, -0.15) is 4.98 Å². The summed E-state index contributed by atoms with van der Waals surface area (Å²) >= 11 is 0. The monoisotopic (exact) mass is 545 g/mol. The normalized spacial score (nSPS) is 12.5. The molecule has 0 aliphatic carbocycles.